The van der Waals surface area contributed by atoms with E-state index < -0.39 is 5.97 Å². The minimum atomic E-state index is -0.981. The summed E-state index contributed by atoms with van der Waals surface area (Å²) in [6.45, 7) is 2.10. The molecule has 2 N–H and O–H groups in total. The van der Waals surface area contributed by atoms with Gasteiger partial charge in [0.1, 0.15) is 0 Å². The fraction of sp³-hybridized carbons (Fsp3) is 0.500. The van der Waals surface area contributed by atoms with Crippen molar-refractivity contribution in [3.8, 4) is 0 Å². The van der Waals surface area contributed by atoms with Crippen LogP contribution in [-0.4, -0.2) is 36.7 Å². The number of carboxylic acids is 1. The molecule has 21 heavy (non-hydrogen) atoms. The number of hydrogen-bond donors (Lipinski definition) is 2. The molecule has 0 saturated heterocycles. The van der Waals surface area contributed by atoms with Gasteiger partial charge in [-0.3, -0.25) is 4.79 Å². The van der Waals surface area contributed by atoms with Gasteiger partial charge in [0.15, 0.2) is 0 Å². The Morgan fingerprint density at radius 2 is 2.14 bits per heavy atom. The van der Waals surface area contributed by atoms with Crippen molar-refractivity contribution < 1.29 is 19.4 Å². The van der Waals surface area contributed by atoms with Gasteiger partial charge in [-0.15, -0.1) is 0 Å². The Morgan fingerprint density at radius 3 is 2.86 bits per heavy atom. The molecule has 114 valence electrons. The normalized spacial score (nSPS) is 13.9. The van der Waals surface area contributed by atoms with Crippen molar-refractivity contribution in [3.05, 3.63) is 35.4 Å². The van der Waals surface area contributed by atoms with Gasteiger partial charge in [0.25, 0.3) is 0 Å². The fourth-order valence-corrected chi connectivity index (χ4v) is 2.00. The highest BCUT2D eigenvalue weighted by atomic mass is 16.5. The summed E-state index contributed by atoms with van der Waals surface area (Å²) in [5.74, 6) is -0.314. The van der Waals surface area contributed by atoms with Crippen LogP contribution in [0.1, 0.15) is 35.2 Å². The van der Waals surface area contributed by atoms with E-state index >= 15 is 0 Å². The van der Waals surface area contributed by atoms with Crippen LogP contribution in [0.5, 0.6) is 0 Å². The van der Waals surface area contributed by atoms with Gasteiger partial charge in [0.2, 0.25) is 5.91 Å². The molecule has 5 heteroatoms. The van der Waals surface area contributed by atoms with Crippen LogP contribution in [0.4, 0.5) is 0 Å². The molecule has 0 unspecified atom stereocenters. The maximum absolute atomic E-state index is 11.7. The number of nitrogens with one attached hydrogen (secondary N) is 1. The predicted octanol–water partition coefficient (Wildman–Crippen LogP) is 1.86. The fourth-order valence-electron chi connectivity index (χ4n) is 2.00. The molecule has 0 spiro atoms. The zero-order valence-corrected chi connectivity index (χ0v) is 12.0. The number of benzene rings is 1. The van der Waals surface area contributed by atoms with Crippen LogP contribution >= 0.6 is 0 Å². The Morgan fingerprint density at radius 1 is 1.33 bits per heavy atom. The van der Waals surface area contributed by atoms with Crippen LogP contribution in [0, 0.1) is 5.92 Å². The quantitative estimate of drug-likeness (QED) is 0.681. The van der Waals surface area contributed by atoms with Crippen molar-refractivity contribution in [1.82, 2.24) is 5.32 Å². The number of hydrogen-bond acceptors (Lipinski definition) is 3. The molecule has 2 rings (SSSR count). The molecule has 1 aromatic carbocycles. The number of rotatable bonds is 9. The number of ether oxygens (including phenoxy) is 1. The maximum atomic E-state index is 11.7. The SMILES string of the molecule is O=C(Cc1cccc(C(=O)O)c1)NCCCOCC1CC1. The second-order valence-corrected chi connectivity index (χ2v) is 5.40. The number of carbonyl (C=O) groups is 2. The summed E-state index contributed by atoms with van der Waals surface area (Å²) in [7, 11) is 0. The molecule has 0 radical (unpaired) electrons. The summed E-state index contributed by atoms with van der Waals surface area (Å²) >= 11 is 0. The van der Waals surface area contributed by atoms with Crippen LogP contribution in [-0.2, 0) is 16.0 Å². The summed E-state index contributed by atoms with van der Waals surface area (Å²) in [5.41, 5.74) is 0.908. The molecule has 0 aliphatic heterocycles. The smallest absolute Gasteiger partial charge is 0.335 e. The zero-order valence-electron chi connectivity index (χ0n) is 12.0. The Hall–Kier alpha value is -1.88. The third-order valence-electron chi connectivity index (χ3n) is 3.38. The summed E-state index contributed by atoms with van der Waals surface area (Å²) in [6, 6.07) is 6.45. The van der Waals surface area contributed by atoms with E-state index in [0.29, 0.717) is 18.7 Å². The molecular weight excluding hydrogens is 270 g/mol. The highest BCUT2D eigenvalue weighted by Gasteiger charge is 2.20. The molecule has 5 nitrogen and oxygen atoms in total. The highest BCUT2D eigenvalue weighted by Crippen LogP contribution is 2.28. The second-order valence-electron chi connectivity index (χ2n) is 5.40. The van der Waals surface area contributed by atoms with Gasteiger partial charge in [-0.2, -0.15) is 0 Å². The molecule has 1 amide bonds. The lowest BCUT2D eigenvalue weighted by molar-refractivity contribution is -0.120. The van der Waals surface area contributed by atoms with E-state index in [0.717, 1.165) is 18.9 Å². The van der Waals surface area contributed by atoms with Crippen LogP contribution < -0.4 is 5.32 Å². The van der Waals surface area contributed by atoms with Crippen LogP contribution in [0.15, 0.2) is 24.3 Å². The van der Waals surface area contributed by atoms with E-state index in [9.17, 15) is 9.59 Å². The number of carboxylic acid groups (broad SMARTS) is 1. The van der Waals surface area contributed by atoms with E-state index in [1.807, 2.05) is 0 Å². The lowest BCUT2D eigenvalue weighted by Crippen LogP contribution is -2.27. The first-order chi connectivity index (χ1) is 10.1. The van der Waals surface area contributed by atoms with Gasteiger partial charge in [-0.1, -0.05) is 12.1 Å². The van der Waals surface area contributed by atoms with Gasteiger partial charge in [-0.25, -0.2) is 4.79 Å². The van der Waals surface area contributed by atoms with Crippen molar-refractivity contribution in [3.63, 3.8) is 0 Å². The molecule has 1 saturated carbocycles. The molecule has 0 bridgehead atoms. The minimum Gasteiger partial charge on any atom is -0.478 e. The predicted molar refractivity (Wildman–Crippen MR) is 78.3 cm³/mol. The van der Waals surface area contributed by atoms with Crippen molar-refractivity contribution >= 4 is 11.9 Å². The van der Waals surface area contributed by atoms with Crippen LogP contribution in [0.3, 0.4) is 0 Å². The second kappa shape index (κ2) is 7.78. The van der Waals surface area contributed by atoms with E-state index in [4.69, 9.17) is 9.84 Å². The van der Waals surface area contributed by atoms with Gasteiger partial charge in [0, 0.05) is 19.8 Å². The first-order valence-corrected chi connectivity index (χ1v) is 7.32. The maximum Gasteiger partial charge on any atom is 0.335 e. The number of aromatic carboxylic acids is 1. The standard InChI is InChI=1S/C16H21NO4/c18-15(17-7-2-8-21-11-12-5-6-12)10-13-3-1-4-14(9-13)16(19)20/h1,3-4,9,12H,2,5-8,10-11H2,(H,17,18)(H,19,20). The monoisotopic (exact) mass is 291 g/mol. The van der Waals surface area contributed by atoms with E-state index in [-0.39, 0.29) is 17.9 Å². The molecule has 1 aromatic rings. The van der Waals surface area contributed by atoms with Gasteiger partial charge in [0.05, 0.1) is 12.0 Å². The Kier molecular flexibility index (Phi) is 5.75. The summed E-state index contributed by atoms with van der Waals surface area (Å²) in [4.78, 5) is 22.6. The molecule has 1 aliphatic rings. The molecule has 1 fully saturated rings. The molecule has 1 aliphatic carbocycles. The van der Waals surface area contributed by atoms with E-state index in [2.05, 4.69) is 5.32 Å². The summed E-state index contributed by atoms with van der Waals surface area (Å²) in [5, 5.41) is 11.7. The molecular formula is C16H21NO4. The van der Waals surface area contributed by atoms with Crippen molar-refractivity contribution in [2.75, 3.05) is 19.8 Å². The Balaban J connectivity index is 1.61. The van der Waals surface area contributed by atoms with Gasteiger partial charge in [-0.05, 0) is 42.9 Å². The average Bonchev–Trinajstić information content (AvgIpc) is 3.27. The topological polar surface area (TPSA) is 75.6 Å². The molecule has 0 aromatic heterocycles. The van der Waals surface area contributed by atoms with Crippen LogP contribution in [0.25, 0.3) is 0 Å². The average molecular weight is 291 g/mol. The number of amides is 1. The van der Waals surface area contributed by atoms with Crippen molar-refractivity contribution in [1.29, 1.82) is 0 Å². The highest BCUT2D eigenvalue weighted by molar-refractivity contribution is 5.88. The minimum absolute atomic E-state index is 0.0975. The summed E-state index contributed by atoms with van der Waals surface area (Å²) < 4.78 is 5.48. The van der Waals surface area contributed by atoms with Crippen molar-refractivity contribution in [2.45, 2.75) is 25.7 Å². The van der Waals surface area contributed by atoms with Gasteiger partial charge < -0.3 is 15.2 Å². The van der Waals surface area contributed by atoms with E-state index in [1.54, 1.807) is 12.1 Å². The lowest BCUT2D eigenvalue weighted by atomic mass is 10.1. The molecule has 0 atom stereocenters. The van der Waals surface area contributed by atoms with Crippen LogP contribution in [0.2, 0.25) is 0 Å². The van der Waals surface area contributed by atoms with Crippen molar-refractivity contribution in [2.24, 2.45) is 5.92 Å². The lowest BCUT2D eigenvalue weighted by Gasteiger charge is -2.06. The third kappa shape index (κ3) is 5.95. The van der Waals surface area contributed by atoms with Gasteiger partial charge >= 0.3 is 5.97 Å². The molecule has 0 heterocycles. The third-order valence-corrected chi connectivity index (χ3v) is 3.38. The Bertz CT molecular complexity index is 497. The largest absolute Gasteiger partial charge is 0.478 e. The first kappa shape index (κ1) is 15.5. The summed E-state index contributed by atoms with van der Waals surface area (Å²) in [6.07, 6.45) is 3.57. The first-order valence-electron chi connectivity index (χ1n) is 7.32. The number of carbonyl (C=O) groups excluding carboxylic acids is 1. The zero-order chi connectivity index (χ0) is 15.1. The van der Waals surface area contributed by atoms with E-state index in [1.165, 1.54) is 25.0 Å². The Labute approximate surface area is 124 Å².